The second-order valence-corrected chi connectivity index (χ2v) is 5.83. The Hall–Kier alpha value is -2.66. The summed E-state index contributed by atoms with van der Waals surface area (Å²) in [5, 5.41) is 2.98. The Balaban J connectivity index is 2.15. The van der Waals surface area contributed by atoms with Gasteiger partial charge in [0.25, 0.3) is 5.56 Å². The Bertz CT molecular complexity index is 736. The van der Waals surface area contributed by atoms with Crippen LogP contribution in [0.4, 0.5) is 0 Å². The molecule has 1 unspecified atom stereocenters. The van der Waals surface area contributed by atoms with Gasteiger partial charge in [0.2, 0.25) is 5.91 Å². The first-order valence-electron chi connectivity index (χ1n) is 7.88. The van der Waals surface area contributed by atoms with Gasteiger partial charge in [-0.05, 0) is 25.7 Å². The smallest absolute Gasteiger partial charge is 0.250 e. The molecule has 1 heterocycles. The Labute approximate surface area is 142 Å². The number of hydrogen-bond donors (Lipinski definition) is 1. The number of carbonyl (C=O) groups excluding carboxylic acids is 1. The zero-order chi connectivity index (χ0) is 17.4. The van der Waals surface area contributed by atoms with Crippen molar-refractivity contribution in [2.24, 2.45) is 0 Å². The highest BCUT2D eigenvalue weighted by atomic mass is 16.1. The number of nitrogens with zero attached hydrogens (tertiary/aromatic N) is 2. The summed E-state index contributed by atoms with van der Waals surface area (Å²) >= 11 is 0. The molecular weight excluding hydrogens is 302 g/mol. The number of nitrogens with one attached hydrogen (secondary N) is 1. The second kappa shape index (κ2) is 8.84. The summed E-state index contributed by atoms with van der Waals surface area (Å²) < 4.78 is 1.60. The van der Waals surface area contributed by atoms with E-state index < -0.39 is 0 Å². The van der Waals surface area contributed by atoms with Gasteiger partial charge >= 0.3 is 0 Å². The summed E-state index contributed by atoms with van der Waals surface area (Å²) in [5.41, 5.74) is 0.874. The van der Waals surface area contributed by atoms with Gasteiger partial charge < -0.3 is 14.8 Å². The first-order chi connectivity index (χ1) is 11.6. The van der Waals surface area contributed by atoms with E-state index in [9.17, 15) is 9.59 Å². The van der Waals surface area contributed by atoms with Crippen molar-refractivity contribution in [2.75, 3.05) is 20.6 Å². The largest absolute Gasteiger partial charge is 0.344 e. The Morgan fingerprint density at radius 3 is 2.54 bits per heavy atom. The number of amides is 1. The molecule has 2 rings (SSSR count). The third-order valence-electron chi connectivity index (χ3n) is 3.54. The third kappa shape index (κ3) is 5.52. The molecule has 0 fully saturated rings. The molecule has 0 saturated heterocycles. The second-order valence-electron chi connectivity index (χ2n) is 5.83. The van der Waals surface area contributed by atoms with Crippen molar-refractivity contribution in [3.63, 3.8) is 0 Å². The van der Waals surface area contributed by atoms with Crippen LogP contribution in [-0.2, 0) is 11.3 Å². The van der Waals surface area contributed by atoms with Crippen LogP contribution in [0, 0.1) is 0 Å². The molecule has 0 bridgehead atoms. The highest BCUT2D eigenvalue weighted by Crippen LogP contribution is 2.14. The van der Waals surface area contributed by atoms with Crippen LogP contribution in [0.15, 0.2) is 71.7 Å². The molecule has 0 saturated carbocycles. The highest BCUT2D eigenvalue weighted by Gasteiger charge is 2.14. The SMILES string of the molecule is CN(C)C/C=C/C(=O)NC(Cn1ccccc1=O)c1ccccc1. The molecule has 0 spiro atoms. The summed E-state index contributed by atoms with van der Waals surface area (Å²) in [5.74, 6) is -0.172. The van der Waals surface area contributed by atoms with Gasteiger partial charge in [0.1, 0.15) is 0 Å². The number of rotatable bonds is 7. The molecule has 2 aromatic rings. The first kappa shape index (κ1) is 17.7. The number of hydrogen-bond acceptors (Lipinski definition) is 3. The molecule has 1 amide bonds. The van der Waals surface area contributed by atoms with E-state index in [0.29, 0.717) is 13.1 Å². The number of likely N-dealkylation sites (N-methyl/N-ethyl adjacent to an activating group) is 1. The first-order valence-corrected chi connectivity index (χ1v) is 7.88. The van der Waals surface area contributed by atoms with Crippen LogP contribution in [0.5, 0.6) is 0 Å². The molecule has 0 aliphatic heterocycles. The maximum atomic E-state index is 12.2. The lowest BCUT2D eigenvalue weighted by molar-refractivity contribution is -0.117. The van der Waals surface area contributed by atoms with Gasteiger partial charge in [-0.3, -0.25) is 9.59 Å². The van der Waals surface area contributed by atoms with Crippen molar-refractivity contribution >= 4 is 5.91 Å². The van der Waals surface area contributed by atoms with Crippen molar-refractivity contribution in [2.45, 2.75) is 12.6 Å². The van der Waals surface area contributed by atoms with Crippen LogP contribution in [0.2, 0.25) is 0 Å². The summed E-state index contributed by atoms with van der Waals surface area (Å²) in [6, 6.07) is 14.4. The lowest BCUT2D eigenvalue weighted by atomic mass is 10.1. The maximum Gasteiger partial charge on any atom is 0.250 e. The Morgan fingerprint density at radius 2 is 1.88 bits per heavy atom. The molecule has 0 aliphatic carbocycles. The minimum Gasteiger partial charge on any atom is -0.344 e. The van der Waals surface area contributed by atoms with E-state index in [0.717, 1.165) is 5.56 Å². The molecular formula is C19H23N3O2. The van der Waals surface area contributed by atoms with E-state index in [2.05, 4.69) is 5.32 Å². The quantitative estimate of drug-likeness (QED) is 0.790. The third-order valence-corrected chi connectivity index (χ3v) is 3.54. The number of aromatic nitrogens is 1. The minimum absolute atomic E-state index is 0.0872. The summed E-state index contributed by atoms with van der Waals surface area (Å²) in [4.78, 5) is 26.1. The Kier molecular flexibility index (Phi) is 6.51. The normalized spacial score (nSPS) is 12.5. The monoisotopic (exact) mass is 325 g/mol. The average Bonchev–Trinajstić information content (AvgIpc) is 2.56. The lowest BCUT2D eigenvalue weighted by Gasteiger charge is -2.19. The molecule has 0 radical (unpaired) electrons. The van der Waals surface area contributed by atoms with Gasteiger partial charge in [-0.1, -0.05) is 42.5 Å². The fourth-order valence-corrected chi connectivity index (χ4v) is 2.32. The minimum atomic E-state index is -0.275. The maximum absolute atomic E-state index is 12.2. The van der Waals surface area contributed by atoms with Crippen LogP contribution >= 0.6 is 0 Å². The summed E-state index contributed by atoms with van der Waals surface area (Å²) in [7, 11) is 3.88. The number of pyridine rings is 1. The topological polar surface area (TPSA) is 54.3 Å². The predicted molar refractivity (Wildman–Crippen MR) is 95.7 cm³/mol. The molecule has 1 aromatic heterocycles. The van der Waals surface area contributed by atoms with Crippen LogP contribution in [-0.4, -0.2) is 36.0 Å². The number of carbonyl (C=O) groups is 1. The molecule has 0 aliphatic rings. The molecule has 5 heteroatoms. The van der Waals surface area contributed by atoms with Gasteiger partial charge in [0.05, 0.1) is 12.6 Å². The standard InChI is InChI=1S/C19H23N3O2/c1-21(2)13-8-11-18(23)20-17(16-9-4-3-5-10-16)15-22-14-7-6-12-19(22)24/h3-12,14,17H,13,15H2,1-2H3,(H,20,23)/b11-8+. The van der Waals surface area contributed by atoms with Gasteiger partial charge in [-0.2, -0.15) is 0 Å². The van der Waals surface area contributed by atoms with Crippen molar-refractivity contribution < 1.29 is 4.79 Å². The molecule has 24 heavy (non-hydrogen) atoms. The molecule has 5 nitrogen and oxygen atoms in total. The van der Waals surface area contributed by atoms with Crippen LogP contribution in [0.3, 0.4) is 0 Å². The zero-order valence-electron chi connectivity index (χ0n) is 14.1. The summed E-state index contributed by atoms with van der Waals surface area (Å²) in [6.07, 6.45) is 5.07. The predicted octanol–water partition coefficient (Wildman–Crippen LogP) is 1.82. The van der Waals surface area contributed by atoms with Crippen molar-refractivity contribution in [3.8, 4) is 0 Å². The van der Waals surface area contributed by atoms with E-state index >= 15 is 0 Å². The lowest BCUT2D eigenvalue weighted by Crippen LogP contribution is -2.33. The highest BCUT2D eigenvalue weighted by molar-refractivity contribution is 5.87. The van der Waals surface area contributed by atoms with Gasteiger partial charge in [0, 0.05) is 24.9 Å². The van der Waals surface area contributed by atoms with Crippen molar-refractivity contribution in [1.29, 1.82) is 0 Å². The zero-order valence-corrected chi connectivity index (χ0v) is 14.1. The molecule has 1 aromatic carbocycles. The van der Waals surface area contributed by atoms with Crippen LogP contribution in [0.25, 0.3) is 0 Å². The van der Waals surface area contributed by atoms with E-state index in [1.807, 2.05) is 61.5 Å². The summed E-state index contributed by atoms with van der Waals surface area (Å²) in [6.45, 7) is 1.08. The van der Waals surface area contributed by atoms with Crippen LogP contribution < -0.4 is 10.9 Å². The molecule has 1 atom stereocenters. The fraction of sp³-hybridized carbons (Fsp3) is 0.263. The van der Waals surface area contributed by atoms with Gasteiger partial charge in [0.15, 0.2) is 0 Å². The van der Waals surface area contributed by atoms with E-state index in [1.54, 1.807) is 16.8 Å². The van der Waals surface area contributed by atoms with Crippen molar-refractivity contribution in [1.82, 2.24) is 14.8 Å². The number of benzene rings is 1. The Morgan fingerprint density at radius 1 is 1.17 bits per heavy atom. The van der Waals surface area contributed by atoms with E-state index in [-0.39, 0.29) is 17.5 Å². The van der Waals surface area contributed by atoms with Crippen molar-refractivity contribution in [3.05, 3.63) is 82.8 Å². The van der Waals surface area contributed by atoms with Gasteiger partial charge in [-0.25, -0.2) is 0 Å². The molecule has 126 valence electrons. The van der Waals surface area contributed by atoms with Crippen LogP contribution in [0.1, 0.15) is 11.6 Å². The average molecular weight is 325 g/mol. The fourth-order valence-electron chi connectivity index (χ4n) is 2.32. The van der Waals surface area contributed by atoms with Gasteiger partial charge in [-0.15, -0.1) is 0 Å². The van der Waals surface area contributed by atoms with E-state index in [4.69, 9.17) is 0 Å². The van der Waals surface area contributed by atoms with E-state index in [1.165, 1.54) is 12.1 Å². The molecule has 1 N–H and O–H groups in total.